The molecule has 6 nitrogen and oxygen atoms in total. The molecule has 0 spiro atoms. The molecule has 3 rings (SSSR count). The summed E-state index contributed by atoms with van der Waals surface area (Å²) in [6, 6.07) is 11.9. The van der Waals surface area contributed by atoms with Crippen molar-refractivity contribution in [2.24, 2.45) is 4.99 Å². The average molecular weight is 530 g/mol. The number of halogens is 1. The first-order chi connectivity index (χ1) is 14.3. The third kappa shape index (κ3) is 8.32. The Labute approximate surface area is 199 Å². The first-order valence-corrected chi connectivity index (χ1v) is 11.2. The van der Waals surface area contributed by atoms with Gasteiger partial charge < -0.3 is 20.3 Å². The Kier molecular flexibility index (Phi) is 12.0. The van der Waals surface area contributed by atoms with Crippen molar-refractivity contribution in [1.82, 2.24) is 20.4 Å². The number of nitrogens with one attached hydrogen (secondary N) is 2. The van der Waals surface area contributed by atoms with E-state index in [1.165, 1.54) is 37.8 Å². The average Bonchev–Trinajstić information content (AvgIpc) is 3.20. The predicted molar refractivity (Wildman–Crippen MR) is 136 cm³/mol. The highest BCUT2D eigenvalue weighted by Crippen LogP contribution is 2.19. The summed E-state index contributed by atoms with van der Waals surface area (Å²) in [5.74, 6) is 0.953. The van der Waals surface area contributed by atoms with Crippen molar-refractivity contribution in [2.75, 3.05) is 53.5 Å². The van der Waals surface area contributed by atoms with Gasteiger partial charge in [-0.2, -0.15) is 0 Å². The predicted octanol–water partition coefficient (Wildman–Crippen LogP) is 2.93. The molecule has 0 radical (unpaired) electrons. The summed E-state index contributed by atoms with van der Waals surface area (Å²) in [4.78, 5) is 9.63. The van der Waals surface area contributed by atoms with Gasteiger partial charge in [-0.05, 0) is 44.2 Å². The van der Waals surface area contributed by atoms with E-state index in [9.17, 15) is 0 Å². The second-order valence-corrected chi connectivity index (χ2v) is 8.31. The zero-order valence-corrected chi connectivity index (χ0v) is 21.0. The van der Waals surface area contributed by atoms with Crippen LogP contribution in [0.15, 0.2) is 35.3 Å². The molecule has 2 aliphatic heterocycles. The van der Waals surface area contributed by atoms with Gasteiger partial charge in [-0.15, -0.1) is 24.0 Å². The first-order valence-electron chi connectivity index (χ1n) is 11.2. The Hall–Kier alpha value is -0.900. The molecule has 1 aromatic carbocycles. The number of hydrogen-bond acceptors (Lipinski definition) is 4. The van der Waals surface area contributed by atoms with E-state index in [-0.39, 0.29) is 24.0 Å². The molecule has 2 aliphatic rings. The fourth-order valence-electron chi connectivity index (χ4n) is 4.49. The van der Waals surface area contributed by atoms with Gasteiger partial charge in [0, 0.05) is 65.6 Å². The summed E-state index contributed by atoms with van der Waals surface area (Å²) >= 11 is 0. The van der Waals surface area contributed by atoms with Crippen molar-refractivity contribution in [3.05, 3.63) is 35.9 Å². The molecular weight excluding hydrogens is 489 g/mol. The molecule has 2 saturated heterocycles. The van der Waals surface area contributed by atoms with Gasteiger partial charge in [0.1, 0.15) is 0 Å². The molecule has 7 heteroatoms. The normalized spacial score (nSPS) is 21.4. The molecule has 0 aliphatic carbocycles. The Balaban J connectivity index is 0.00000320. The van der Waals surface area contributed by atoms with Gasteiger partial charge in [-0.3, -0.25) is 9.89 Å². The fraction of sp³-hybridized carbons (Fsp3) is 0.696. The Morgan fingerprint density at radius 2 is 1.90 bits per heavy atom. The molecule has 2 heterocycles. The van der Waals surface area contributed by atoms with E-state index in [4.69, 9.17) is 4.74 Å². The third-order valence-electron chi connectivity index (χ3n) is 6.21. The number of hydrogen-bond donors (Lipinski definition) is 2. The molecule has 0 saturated carbocycles. The van der Waals surface area contributed by atoms with Crippen LogP contribution in [-0.2, 0) is 11.3 Å². The Bertz CT molecular complexity index is 607. The van der Waals surface area contributed by atoms with Crippen molar-refractivity contribution in [1.29, 1.82) is 0 Å². The zero-order valence-electron chi connectivity index (χ0n) is 18.7. The molecule has 2 N–H and O–H groups in total. The van der Waals surface area contributed by atoms with Gasteiger partial charge in [0.2, 0.25) is 0 Å². The number of guanidine groups is 1. The molecule has 1 unspecified atom stereocenters. The van der Waals surface area contributed by atoms with Crippen LogP contribution in [0.5, 0.6) is 0 Å². The number of benzene rings is 1. The van der Waals surface area contributed by atoms with E-state index in [1.807, 2.05) is 7.05 Å². The van der Waals surface area contributed by atoms with Crippen molar-refractivity contribution in [3.8, 4) is 0 Å². The number of likely N-dealkylation sites (tertiary alicyclic amines) is 2. The number of ether oxygens (including phenoxy) is 1. The highest BCUT2D eigenvalue weighted by Gasteiger charge is 2.25. The largest absolute Gasteiger partial charge is 0.385 e. The molecule has 2 fully saturated rings. The lowest BCUT2D eigenvalue weighted by Gasteiger charge is -2.33. The molecule has 1 atom stereocenters. The maximum atomic E-state index is 5.16. The van der Waals surface area contributed by atoms with Crippen molar-refractivity contribution in [3.63, 3.8) is 0 Å². The highest BCUT2D eigenvalue weighted by atomic mass is 127. The zero-order chi connectivity index (χ0) is 20.3. The number of piperidine rings is 1. The quantitative estimate of drug-likeness (QED) is 0.223. The van der Waals surface area contributed by atoms with Crippen molar-refractivity contribution < 1.29 is 4.74 Å². The van der Waals surface area contributed by atoms with Crippen LogP contribution in [0, 0.1) is 0 Å². The minimum atomic E-state index is 0. The standard InChI is InChI=1S/C23H39N5O.HI/c1-24-23(26-21-11-15-27(16-12-21)13-7-17-29-2)25-18-22-10-6-14-28(22)19-20-8-4-3-5-9-20;/h3-5,8-9,21-22H,6-7,10-19H2,1-2H3,(H2,24,25,26);1H. The fourth-order valence-corrected chi connectivity index (χ4v) is 4.49. The van der Waals surface area contributed by atoms with Crippen LogP contribution >= 0.6 is 24.0 Å². The van der Waals surface area contributed by atoms with Crippen LogP contribution in [0.2, 0.25) is 0 Å². The van der Waals surface area contributed by atoms with Crippen LogP contribution in [0.25, 0.3) is 0 Å². The van der Waals surface area contributed by atoms with Gasteiger partial charge >= 0.3 is 0 Å². The maximum Gasteiger partial charge on any atom is 0.191 e. The minimum absolute atomic E-state index is 0. The van der Waals surface area contributed by atoms with E-state index in [2.05, 4.69) is 55.8 Å². The summed E-state index contributed by atoms with van der Waals surface area (Å²) in [6.07, 6.45) is 6.02. The number of nitrogens with zero attached hydrogens (tertiary/aromatic N) is 3. The molecule has 0 aromatic heterocycles. The van der Waals surface area contributed by atoms with E-state index in [1.54, 1.807) is 7.11 Å². The topological polar surface area (TPSA) is 52.1 Å². The van der Waals surface area contributed by atoms with Gasteiger partial charge in [0.05, 0.1) is 0 Å². The van der Waals surface area contributed by atoms with E-state index >= 15 is 0 Å². The molecule has 0 bridgehead atoms. The van der Waals surface area contributed by atoms with E-state index < -0.39 is 0 Å². The molecule has 170 valence electrons. The van der Waals surface area contributed by atoms with Gasteiger partial charge in [0.15, 0.2) is 5.96 Å². The molecule has 1 aromatic rings. The number of methoxy groups -OCH3 is 1. The third-order valence-corrected chi connectivity index (χ3v) is 6.21. The lowest BCUT2D eigenvalue weighted by Crippen LogP contribution is -2.50. The van der Waals surface area contributed by atoms with Gasteiger partial charge in [0.25, 0.3) is 0 Å². The monoisotopic (exact) mass is 529 g/mol. The summed E-state index contributed by atoms with van der Waals surface area (Å²) in [5.41, 5.74) is 1.40. The van der Waals surface area contributed by atoms with E-state index in [0.29, 0.717) is 12.1 Å². The molecular formula is C23H40IN5O. The first kappa shape index (κ1) is 25.4. The summed E-state index contributed by atoms with van der Waals surface area (Å²) in [6.45, 7) is 7.51. The second-order valence-electron chi connectivity index (χ2n) is 8.31. The minimum Gasteiger partial charge on any atom is -0.385 e. The second kappa shape index (κ2) is 14.2. The SMILES string of the molecule is CN=C(NCC1CCCN1Cc1ccccc1)NC1CCN(CCCOC)CC1.I. The van der Waals surface area contributed by atoms with Crippen LogP contribution in [0.1, 0.15) is 37.7 Å². The smallest absolute Gasteiger partial charge is 0.191 e. The summed E-state index contributed by atoms with van der Waals surface area (Å²) in [5, 5.41) is 7.25. The lowest BCUT2D eigenvalue weighted by atomic mass is 10.1. The van der Waals surface area contributed by atoms with Crippen molar-refractivity contribution >= 4 is 29.9 Å². The van der Waals surface area contributed by atoms with Crippen LogP contribution in [-0.4, -0.2) is 81.3 Å². The Morgan fingerprint density at radius 3 is 2.60 bits per heavy atom. The van der Waals surface area contributed by atoms with Crippen LogP contribution in [0.3, 0.4) is 0 Å². The van der Waals surface area contributed by atoms with Crippen LogP contribution in [0.4, 0.5) is 0 Å². The van der Waals surface area contributed by atoms with Crippen LogP contribution < -0.4 is 10.6 Å². The Morgan fingerprint density at radius 1 is 1.13 bits per heavy atom. The van der Waals surface area contributed by atoms with E-state index in [0.717, 1.165) is 51.7 Å². The van der Waals surface area contributed by atoms with Crippen molar-refractivity contribution in [2.45, 2.75) is 50.7 Å². The molecule has 0 amide bonds. The van der Waals surface area contributed by atoms with Gasteiger partial charge in [-0.25, -0.2) is 0 Å². The lowest BCUT2D eigenvalue weighted by molar-refractivity contribution is 0.155. The number of rotatable bonds is 9. The highest BCUT2D eigenvalue weighted by molar-refractivity contribution is 14.0. The summed E-state index contributed by atoms with van der Waals surface area (Å²) in [7, 11) is 3.66. The molecule has 30 heavy (non-hydrogen) atoms. The maximum absolute atomic E-state index is 5.16. The van der Waals surface area contributed by atoms with Gasteiger partial charge in [-0.1, -0.05) is 30.3 Å². The summed E-state index contributed by atoms with van der Waals surface area (Å²) < 4.78 is 5.16. The number of aliphatic imine (C=N–C) groups is 1.